The third-order valence-electron chi connectivity index (χ3n) is 2.29. The molecule has 0 saturated heterocycles. The molecule has 0 bridgehead atoms. The normalized spacial score (nSPS) is 13.7. The molecule has 2 N–H and O–H groups in total. The fourth-order valence-corrected chi connectivity index (χ4v) is 2.03. The van der Waals surface area contributed by atoms with Crippen molar-refractivity contribution in [1.29, 1.82) is 0 Å². The molecule has 0 aliphatic rings. The largest absolute Gasteiger partial charge is 0.383 e. The Morgan fingerprint density at radius 1 is 1.39 bits per heavy atom. The number of carbonyl (C=O) groups excluding carboxylic acids is 2. The van der Waals surface area contributed by atoms with Crippen LogP contribution in [0.3, 0.4) is 0 Å². The molecule has 6 heteroatoms. The fourth-order valence-electron chi connectivity index (χ4n) is 1.40. The molecular weight excluding hydrogens is 252 g/mol. The van der Waals surface area contributed by atoms with Gasteiger partial charge < -0.3 is 15.4 Å². The Morgan fingerprint density at radius 3 is 2.67 bits per heavy atom. The minimum Gasteiger partial charge on any atom is -0.383 e. The van der Waals surface area contributed by atoms with E-state index in [1.54, 1.807) is 26.2 Å². The summed E-state index contributed by atoms with van der Waals surface area (Å²) in [6.45, 7) is 3.94. The van der Waals surface area contributed by atoms with Crippen molar-refractivity contribution in [1.82, 2.24) is 10.6 Å². The third-order valence-corrected chi connectivity index (χ3v) is 3.16. The second kappa shape index (κ2) is 7.13. The van der Waals surface area contributed by atoms with Gasteiger partial charge in [-0.2, -0.15) is 0 Å². The van der Waals surface area contributed by atoms with Gasteiger partial charge in [0, 0.05) is 13.2 Å². The van der Waals surface area contributed by atoms with Crippen molar-refractivity contribution in [3.05, 3.63) is 22.4 Å². The van der Waals surface area contributed by atoms with E-state index in [0.717, 1.165) is 0 Å². The van der Waals surface area contributed by atoms with E-state index in [1.807, 2.05) is 12.3 Å². The molecule has 100 valence electrons. The zero-order chi connectivity index (χ0) is 13.5. The Balaban J connectivity index is 2.42. The van der Waals surface area contributed by atoms with Crippen LogP contribution in [0.1, 0.15) is 23.5 Å². The third kappa shape index (κ3) is 4.46. The maximum Gasteiger partial charge on any atom is 0.261 e. The number of methoxy groups -OCH3 is 1. The van der Waals surface area contributed by atoms with Crippen LogP contribution in [-0.2, 0) is 9.53 Å². The molecule has 0 aliphatic heterocycles. The van der Waals surface area contributed by atoms with E-state index in [4.69, 9.17) is 4.74 Å². The molecular formula is C12H18N2O3S. The lowest BCUT2D eigenvalue weighted by atomic mass is 10.2. The van der Waals surface area contributed by atoms with Crippen molar-refractivity contribution in [2.45, 2.75) is 25.9 Å². The molecule has 0 radical (unpaired) electrons. The van der Waals surface area contributed by atoms with Gasteiger partial charge >= 0.3 is 0 Å². The maximum absolute atomic E-state index is 11.8. The monoisotopic (exact) mass is 270 g/mol. The van der Waals surface area contributed by atoms with Crippen LogP contribution in [0.25, 0.3) is 0 Å². The number of thiophene rings is 1. The number of carbonyl (C=O) groups is 2. The maximum atomic E-state index is 11.8. The van der Waals surface area contributed by atoms with Crippen LogP contribution in [-0.4, -0.2) is 37.6 Å². The molecule has 0 aliphatic carbocycles. The van der Waals surface area contributed by atoms with Crippen molar-refractivity contribution in [2.24, 2.45) is 0 Å². The minimum absolute atomic E-state index is 0.0800. The van der Waals surface area contributed by atoms with Gasteiger partial charge in [-0.15, -0.1) is 11.3 Å². The second-order valence-corrected chi connectivity index (χ2v) is 4.99. The fraction of sp³-hybridized carbons (Fsp3) is 0.500. The molecule has 1 heterocycles. The first-order chi connectivity index (χ1) is 8.54. The average molecular weight is 270 g/mol. The Bertz CT molecular complexity index is 392. The number of hydrogen-bond acceptors (Lipinski definition) is 4. The molecule has 0 aromatic carbocycles. The zero-order valence-corrected chi connectivity index (χ0v) is 11.5. The first-order valence-corrected chi connectivity index (χ1v) is 6.56. The van der Waals surface area contributed by atoms with Gasteiger partial charge in [-0.1, -0.05) is 6.07 Å². The molecule has 1 rings (SSSR count). The summed E-state index contributed by atoms with van der Waals surface area (Å²) in [5.41, 5.74) is 0. The number of ether oxygens (including phenoxy) is 1. The standard InChI is InChI=1S/C12H18N2O3S/c1-8(7-17-3)13-11(15)9(2)14-12(16)10-5-4-6-18-10/h4-6,8-9H,7H2,1-3H3,(H,13,15)(H,14,16). The topological polar surface area (TPSA) is 67.4 Å². The highest BCUT2D eigenvalue weighted by atomic mass is 32.1. The SMILES string of the molecule is COCC(C)NC(=O)C(C)NC(=O)c1cccs1. The van der Waals surface area contributed by atoms with E-state index in [2.05, 4.69) is 10.6 Å². The van der Waals surface area contributed by atoms with Gasteiger partial charge in [-0.25, -0.2) is 0 Å². The molecule has 2 atom stereocenters. The van der Waals surface area contributed by atoms with Crippen molar-refractivity contribution in [3.63, 3.8) is 0 Å². The lowest BCUT2D eigenvalue weighted by Gasteiger charge is -2.17. The van der Waals surface area contributed by atoms with E-state index in [1.165, 1.54) is 11.3 Å². The van der Waals surface area contributed by atoms with Crippen LogP contribution in [0.2, 0.25) is 0 Å². The summed E-state index contributed by atoms with van der Waals surface area (Å²) in [5, 5.41) is 7.22. The Morgan fingerprint density at radius 2 is 2.11 bits per heavy atom. The number of hydrogen-bond donors (Lipinski definition) is 2. The molecule has 18 heavy (non-hydrogen) atoms. The van der Waals surface area contributed by atoms with Gasteiger partial charge in [-0.3, -0.25) is 9.59 Å². The lowest BCUT2D eigenvalue weighted by Crippen LogP contribution is -2.48. The molecule has 5 nitrogen and oxygen atoms in total. The zero-order valence-electron chi connectivity index (χ0n) is 10.7. The minimum atomic E-state index is -0.570. The van der Waals surface area contributed by atoms with Crippen molar-refractivity contribution in [2.75, 3.05) is 13.7 Å². The summed E-state index contributed by atoms with van der Waals surface area (Å²) in [6.07, 6.45) is 0. The predicted molar refractivity (Wildman–Crippen MR) is 70.7 cm³/mol. The average Bonchev–Trinajstić information content (AvgIpc) is 2.82. The highest BCUT2D eigenvalue weighted by Crippen LogP contribution is 2.08. The second-order valence-electron chi connectivity index (χ2n) is 4.04. The summed E-state index contributed by atoms with van der Waals surface area (Å²) < 4.78 is 4.92. The van der Waals surface area contributed by atoms with Crippen LogP contribution < -0.4 is 10.6 Å². The van der Waals surface area contributed by atoms with Gasteiger partial charge in [0.25, 0.3) is 5.91 Å². The quantitative estimate of drug-likeness (QED) is 0.811. The smallest absolute Gasteiger partial charge is 0.261 e. The van der Waals surface area contributed by atoms with E-state index in [-0.39, 0.29) is 17.9 Å². The van der Waals surface area contributed by atoms with Gasteiger partial charge in [0.2, 0.25) is 5.91 Å². The first kappa shape index (κ1) is 14.7. The molecule has 0 fully saturated rings. The summed E-state index contributed by atoms with van der Waals surface area (Å²) >= 11 is 1.34. The summed E-state index contributed by atoms with van der Waals surface area (Å²) in [4.78, 5) is 24.1. The summed E-state index contributed by atoms with van der Waals surface area (Å²) in [7, 11) is 1.57. The number of amides is 2. The van der Waals surface area contributed by atoms with E-state index in [9.17, 15) is 9.59 Å². The van der Waals surface area contributed by atoms with Crippen LogP contribution in [0.5, 0.6) is 0 Å². The number of nitrogens with one attached hydrogen (secondary N) is 2. The first-order valence-electron chi connectivity index (χ1n) is 5.68. The van der Waals surface area contributed by atoms with E-state index < -0.39 is 6.04 Å². The molecule has 0 spiro atoms. The summed E-state index contributed by atoms with van der Waals surface area (Å²) in [6, 6.07) is 2.87. The van der Waals surface area contributed by atoms with Crippen molar-refractivity contribution >= 4 is 23.2 Å². The van der Waals surface area contributed by atoms with Crippen LogP contribution >= 0.6 is 11.3 Å². The van der Waals surface area contributed by atoms with Crippen LogP contribution in [0.15, 0.2) is 17.5 Å². The molecule has 1 aromatic rings. The Kier molecular flexibility index (Phi) is 5.80. The Labute approximate surface area is 111 Å². The molecule has 1 aromatic heterocycles. The van der Waals surface area contributed by atoms with Gasteiger partial charge in [-0.05, 0) is 25.3 Å². The predicted octanol–water partition coefficient (Wildman–Crippen LogP) is 1.02. The van der Waals surface area contributed by atoms with Gasteiger partial charge in [0.05, 0.1) is 11.5 Å². The van der Waals surface area contributed by atoms with Gasteiger partial charge in [0.1, 0.15) is 6.04 Å². The molecule has 2 amide bonds. The highest BCUT2D eigenvalue weighted by Gasteiger charge is 2.18. The Hall–Kier alpha value is -1.40. The van der Waals surface area contributed by atoms with Crippen LogP contribution in [0, 0.1) is 0 Å². The van der Waals surface area contributed by atoms with E-state index >= 15 is 0 Å². The van der Waals surface area contributed by atoms with Crippen LogP contribution in [0.4, 0.5) is 0 Å². The van der Waals surface area contributed by atoms with Gasteiger partial charge in [0.15, 0.2) is 0 Å². The van der Waals surface area contributed by atoms with E-state index in [0.29, 0.717) is 11.5 Å². The number of rotatable bonds is 6. The summed E-state index contributed by atoms with van der Waals surface area (Å²) in [5.74, 6) is -0.448. The lowest BCUT2D eigenvalue weighted by molar-refractivity contribution is -0.123. The highest BCUT2D eigenvalue weighted by molar-refractivity contribution is 7.12. The molecule has 0 saturated carbocycles. The van der Waals surface area contributed by atoms with Crippen molar-refractivity contribution < 1.29 is 14.3 Å². The van der Waals surface area contributed by atoms with Crippen molar-refractivity contribution in [3.8, 4) is 0 Å². The molecule has 2 unspecified atom stereocenters.